The maximum atomic E-state index is 13.8. The Hall–Kier alpha value is -2.58. The molecule has 0 aliphatic rings. The summed E-state index contributed by atoms with van der Waals surface area (Å²) in [7, 11) is 0. The van der Waals surface area contributed by atoms with Crippen LogP contribution < -0.4 is 5.56 Å². The number of carbonyl (C=O) groups is 1. The molecule has 1 aromatic carbocycles. The molecular weight excluding hydrogens is 398 g/mol. The van der Waals surface area contributed by atoms with Gasteiger partial charge >= 0.3 is 5.97 Å². The molecule has 0 saturated heterocycles. The first kappa shape index (κ1) is 19.2. The second-order valence-corrected chi connectivity index (χ2v) is 6.94. The van der Waals surface area contributed by atoms with Crippen molar-refractivity contribution in [1.29, 1.82) is 0 Å². The van der Waals surface area contributed by atoms with Gasteiger partial charge in [0.25, 0.3) is 5.56 Å². The van der Waals surface area contributed by atoms with Crippen LogP contribution in [0.15, 0.2) is 23.0 Å². The minimum atomic E-state index is -0.672. The number of nitrogens with one attached hydrogen (secondary N) is 1. The summed E-state index contributed by atoms with van der Waals surface area (Å²) < 4.78 is 32.1. The first-order valence-electron chi connectivity index (χ1n) is 7.85. The van der Waals surface area contributed by atoms with Gasteiger partial charge in [-0.25, -0.2) is 18.6 Å². The monoisotopic (exact) mass is 410 g/mol. The second kappa shape index (κ2) is 7.58. The Morgan fingerprint density at radius 3 is 2.85 bits per heavy atom. The van der Waals surface area contributed by atoms with Crippen LogP contribution in [0.3, 0.4) is 0 Å². The van der Waals surface area contributed by atoms with Crippen molar-refractivity contribution in [2.45, 2.75) is 13.8 Å². The van der Waals surface area contributed by atoms with Crippen molar-refractivity contribution in [3.63, 3.8) is 0 Å². The summed E-state index contributed by atoms with van der Waals surface area (Å²) in [6, 6.07) is 2.93. The van der Waals surface area contributed by atoms with Crippen LogP contribution in [0.1, 0.15) is 33.5 Å². The molecule has 0 fully saturated rings. The molecule has 3 aromatic rings. The van der Waals surface area contributed by atoms with E-state index in [2.05, 4.69) is 9.97 Å². The number of carbonyl (C=O) groups excluding carboxylic acids is 1. The van der Waals surface area contributed by atoms with Crippen LogP contribution in [0.25, 0.3) is 21.3 Å². The third-order valence-corrected chi connectivity index (χ3v) is 5.18. The lowest BCUT2D eigenvalue weighted by Gasteiger charge is -2.01. The predicted octanol–water partition coefficient (Wildman–Crippen LogP) is 4.48. The van der Waals surface area contributed by atoms with Crippen LogP contribution in [0.2, 0.25) is 0 Å². The van der Waals surface area contributed by atoms with E-state index in [1.807, 2.05) is 0 Å². The van der Waals surface area contributed by atoms with Crippen molar-refractivity contribution in [1.82, 2.24) is 9.97 Å². The van der Waals surface area contributed by atoms with Gasteiger partial charge < -0.3 is 9.72 Å². The molecular formula is C18H13ClF2N2O3S. The number of H-pyrrole nitrogens is 1. The first-order chi connectivity index (χ1) is 12.8. The van der Waals surface area contributed by atoms with E-state index in [1.54, 1.807) is 13.8 Å². The van der Waals surface area contributed by atoms with Crippen LogP contribution in [0.4, 0.5) is 8.78 Å². The number of hydrogen-bond acceptors (Lipinski definition) is 5. The van der Waals surface area contributed by atoms with Crippen LogP contribution in [0.5, 0.6) is 0 Å². The van der Waals surface area contributed by atoms with Gasteiger partial charge in [-0.3, -0.25) is 4.79 Å². The Bertz CT molecular complexity index is 1140. The minimum absolute atomic E-state index is 0.0190. The number of nitrogens with zero attached hydrogens (tertiary/aromatic N) is 1. The Morgan fingerprint density at radius 2 is 2.15 bits per heavy atom. The van der Waals surface area contributed by atoms with Crippen LogP contribution >= 0.6 is 22.9 Å². The largest absolute Gasteiger partial charge is 0.462 e. The highest BCUT2D eigenvalue weighted by Gasteiger charge is 2.20. The van der Waals surface area contributed by atoms with E-state index in [1.165, 1.54) is 0 Å². The van der Waals surface area contributed by atoms with Gasteiger partial charge in [-0.15, -0.1) is 11.3 Å². The maximum Gasteiger partial charge on any atom is 0.348 e. The zero-order valence-corrected chi connectivity index (χ0v) is 15.8. The molecule has 0 saturated carbocycles. The lowest BCUT2D eigenvalue weighted by Crippen LogP contribution is -2.11. The highest BCUT2D eigenvalue weighted by Crippen LogP contribution is 2.29. The van der Waals surface area contributed by atoms with Crippen molar-refractivity contribution in [2.75, 3.05) is 6.61 Å². The number of rotatable bonds is 4. The smallest absolute Gasteiger partial charge is 0.348 e. The molecule has 2 aromatic heterocycles. The third kappa shape index (κ3) is 3.77. The minimum Gasteiger partial charge on any atom is -0.462 e. The lowest BCUT2D eigenvalue weighted by atomic mass is 10.2. The van der Waals surface area contributed by atoms with E-state index in [0.29, 0.717) is 10.4 Å². The fourth-order valence-corrected chi connectivity index (χ4v) is 3.76. The quantitative estimate of drug-likeness (QED) is 0.643. The standard InChI is InChI=1S/C18H13ClF2N2O3S/c1-3-26-18(25)14-8(2)13-16(24)22-15(23-17(13)27-14)11(19)7-9-6-10(20)4-5-12(9)21/h4-7H,3H2,1-2H3,(H,22,23,24). The van der Waals surface area contributed by atoms with Crippen molar-refractivity contribution in [2.24, 2.45) is 0 Å². The predicted molar refractivity (Wildman–Crippen MR) is 101 cm³/mol. The molecule has 0 aliphatic carbocycles. The average Bonchev–Trinajstić information content (AvgIpc) is 2.95. The molecule has 0 bridgehead atoms. The molecule has 0 aliphatic heterocycles. The van der Waals surface area contributed by atoms with Gasteiger partial charge in [-0.05, 0) is 43.7 Å². The van der Waals surface area contributed by atoms with Gasteiger partial charge in [0.05, 0.1) is 17.0 Å². The van der Waals surface area contributed by atoms with Crippen molar-refractivity contribution < 1.29 is 18.3 Å². The summed E-state index contributed by atoms with van der Waals surface area (Å²) in [4.78, 5) is 31.8. The van der Waals surface area contributed by atoms with Crippen LogP contribution in [0, 0.1) is 18.6 Å². The number of hydrogen-bond donors (Lipinski definition) is 1. The molecule has 140 valence electrons. The molecule has 9 heteroatoms. The zero-order chi connectivity index (χ0) is 19.7. The SMILES string of the molecule is CCOC(=O)c1sc2nc(C(Cl)=Cc3cc(F)ccc3F)[nH]c(=O)c2c1C. The summed E-state index contributed by atoms with van der Waals surface area (Å²) in [6.45, 7) is 3.51. The highest BCUT2D eigenvalue weighted by molar-refractivity contribution is 7.20. The molecule has 0 amide bonds. The van der Waals surface area contributed by atoms with E-state index >= 15 is 0 Å². The van der Waals surface area contributed by atoms with Crippen molar-refractivity contribution in [3.05, 3.63) is 62.0 Å². The Morgan fingerprint density at radius 1 is 1.41 bits per heavy atom. The van der Waals surface area contributed by atoms with E-state index in [-0.39, 0.29) is 33.3 Å². The zero-order valence-electron chi connectivity index (χ0n) is 14.2. The number of aromatic amines is 1. The summed E-state index contributed by atoms with van der Waals surface area (Å²) in [5, 5.41) is 0.176. The Kier molecular flexibility index (Phi) is 5.38. The van der Waals surface area contributed by atoms with Crippen molar-refractivity contribution in [3.8, 4) is 0 Å². The van der Waals surface area contributed by atoms with E-state index in [0.717, 1.165) is 35.6 Å². The van der Waals surface area contributed by atoms with Crippen LogP contribution in [-0.4, -0.2) is 22.5 Å². The summed E-state index contributed by atoms with van der Waals surface area (Å²) in [6.07, 6.45) is 1.16. The van der Waals surface area contributed by atoms with E-state index < -0.39 is 23.2 Å². The highest BCUT2D eigenvalue weighted by atomic mass is 35.5. The number of aryl methyl sites for hydroxylation is 1. The van der Waals surface area contributed by atoms with E-state index in [4.69, 9.17) is 16.3 Å². The summed E-state index contributed by atoms with van der Waals surface area (Å²) in [5.41, 5.74) is -0.118. The fraction of sp³-hybridized carbons (Fsp3) is 0.167. The number of halogens is 3. The fourth-order valence-electron chi connectivity index (χ4n) is 2.48. The molecule has 2 heterocycles. The van der Waals surface area contributed by atoms with Gasteiger partial charge in [0.15, 0.2) is 5.82 Å². The molecule has 0 radical (unpaired) electrons. The topological polar surface area (TPSA) is 72.0 Å². The van der Waals surface area contributed by atoms with Crippen LogP contribution in [-0.2, 0) is 4.74 Å². The van der Waals surface area contributed by atoms with Gasteiger partial charge in [0.2, 0.25) is 0 Å². The Labute approximate surface area is 161 Å². The molecule has 0 atom stereocenters. The molecule has 27 heavy (non-hydrogen) atoms. The van der Waals surface area contributed by atoms with Gasteiger partial charge in [-0.2, -0.15) is 0 Å². The number of aromatic nitrogens is 2. The van der Waals surface area contributed by atoms with E-state index in [9.17, 15) is 18.4 Å². The number of fused-ring (bicyclic) bond motifs is 1. The molecule has 3 rings (SSSR count). The van der Waals surface area contributed by atoms with Crippen molar-refractivity contribution >= 4 is 50.2 Å². The van der Waals surface area contributed by atoms with Gasteiger partial charge in [0, 0.05) is 5.56 Å². The maximum absolute atomic E-state index is 13.8. The summed E-state index contributed by atoms with van der Waals surface area (Å²) >= 11 is 7.15. The number of benzene rings is 1. The molecule has 0 spiro atoms. The first-order valence-corrected chi connectivity index (χ1v) is 9.04. The second-order valence-electron chi connectivity index (χ2n) is 5.53. The number of ether oxygens (including phenoxy) is 1. The van der Waals surface area contributed by atoms with Gasteiger partial charge in [0.1, 0.15) is 21.3 Å². The third-order valence-electron chi connectivity index (χ3n) is 3.73. The number of thiophene rings is 1. The lowest BCUT2D eigenvalue weighted by molar-refractivity contribution is 0.0531. The molecule has 1 N–H and O–H groups in total. The molecule has 0 unspecified atom stereocenters. The number of esters is 1. The normalized spacial score (nSPS) is 11.8. The molecule has 5 nitrogen and oxygen atoms in total. The van der Waals surface area contributed by atoms with Gasteiger partial charge in [-0.1, -0.05) is 11.6 Å². The average molecular weight is 411 g/mol. The Balaban J connectivity index is 2.10. The summed E-state index contributed by atoms with van der Waals surface area (Å²) in [5.74, 6) is -1.86.